The molecule has 10 nitrogen and oxygen atoms in total. The second-order valence-corrected chi connectivity index (χ2v) is 7.75. The Labute approximate surface area is 167 Å². The highest BCUT2D eigenvalue weighted by Gasteiger charge is 2.64. The third-order valence-electron chi connectivity index (χ3n) is 5.30. The van der Waals surface area contributed by atoms with Crippen LogP contribution in [0, 0.1) is 0 Å². The predicted molar refractivity (Wildman–Crippen MR) is 102 cm³/mol. The first-order chi connectivity index (χ1) is 13.7. The van der Waals surface area contributed by atoms with Gasteiger partial charge in [0.25, 0.3) is 0 Å². The molecule has 29 heavy (non-hydrogen) atoms. The smallest absolute Gasteiger partial charge is 0.330 e. The van der Waals surface area contributed by atoms with Crippen molar-refractivity contribution in [1.29, 1.82) is 0 Å². The van der Waals surface area contributed by atoms with Crippen LogP contribution < -0.4 is 5.73 Å². The van der Waals surface area contributed by atoms with Crippen LogP contribution in [-0.2, 0) is 23.7 Å². The molecule has 0 unspecified atom stereocenters. The molecule has 10 heteroatoms. The van der Waals surface area contributed by atoms with E-state index in [1.807, 2.05) is 20.8 Å². The Balaban J connectivity index is 1.85. The monoisotopic (exact) mass is 404 g/mol. The maximum atomic E-state index is 11.6. The Bertz CT molecular complexity index is 986. The third kappa shape index (κ3) is 3.08. The third-order valence-corrected chi connectivity index (χ3v) is 5.30. The van der Waals surface area contributed by atoms with Crippen LogP contribution >= 0.6 is 0 Å². The molecule has 2 saturated heterocycles. The van der Waals surface area contributed by atoms with Crippen molar-refractivity contribution in [3.8, 4) is 0 Å². The number of rotatable bonds is 4. The number of aliphatic hydroxyl groups is 1. The van der Waals surface area contributed by atoms with Crippen molar-refractivity contribution < 1.29 is 28.8 Å². The van der Waals surface area contributed by atoms with Gasteiger partial charge < -0.3 is 29.8 Å². The topological polar surface area (TPSA) is 130 Å². The predicted octanol–water partition coefficient (Wildman–Crippen LogP) is 0.840. The van der Waals surface area contributed by atoms with Gasteiger partial charge in [-0.2, -0.15) is 5.10 Å². The lowest BCUT2D eigenvalue weighted by Gasteiger charge is -2.29. The fourth-order valence-corrected chi connectivity index (χ4v) is 4.23. The van der Waals surface area contributed by atoms with Gasteiger partial charge in [0.05, 0.1) is 19.4 Å². The number of ether oxygens (including phenoxy) is 4. The average molecular weight is 404 g/mol. The van der Waals surface area contributed by atoms with Gasteiger partial charge in [0.15, 0.2) is 11.6 Å². The van der Waals surface area contributed by atoms with Crippen LogP contribution in [0.25, 0.3) is 11.6 Å². The SMILES string of the molecule is COC(=O)C=Cc1cc([C@@H]2O[C@H](CO)[C@H]3OC(C)(C)O[C@]32C)n2ncnc(N)c12. The summed E-state index contributed by atoms with van der Waals surface area (Å²) in [6.45, 7) is 5.32. The zero-order chi connectivity index (χ0) is 21.0. The van der Waals surface area contributed by atoms with E-state index in [0.29, 0.717) is 16.8 Å². The Morgan fingerprint density at radius 1 is 1.45 bits per heavy atom. The number of nitrogens with zero attached hydrogens (tertiary/aromatic N) is 3. The first kappa shape index (κ1) is 19.8. The van der Waals surface area contributed by atoms with E-state index in [1.165, 1.54) is 19.5 Å². The molecule has 0 amide bonds. The van der Waals surface area contributed by atoms with E-state index in [9.17, 15) is 9.90 Å². The van der Waals surface area contributed by atoms with Gasteiger partial charge in [-0.15, -0.1) is 0 Å². The lowest BCUT2D eigenvalue weighted by atomic mass is 9.91. The van der Waals surface area contributed by atoms with Crippen LogP contribution in [0.4, 0.5) is 5.82 Å². The van der Waals surface area contributed by atoms with Crippen LogP contribution in [0.5, 0.6) is 0 Å². The summed E-state index contributed by atoms with van der Waals surface area (Å²) in [4.78, 5) is 15.6. The van der Waals surface area contributed by atoms with E-state index in [1.54, 1.807) is 16.7 Å². The van der Waals surface area contributed by atoms with Crippen molar-refractivity contribution in [1.82, 2.24) is 14.6 Å². The highest BCUT2D eigenvalue weighted by atomic mass is 16.8. The number of hydrogen-bond donors (Lipinski definition) is 2. The van der Waals surface area contributed by atoms with Crippen molar-refractivity contribution in [3.63, 3.8) is 0 Å². The maximum absolute atomic E-state index is 11.6. The molecule has 4 atom stereocenters. The van der Waals surface area contributed by atoms with Crippen molar-refractivity contribution >= 4 is 23.4 Å². The lowest BCUT2D eigenvalue weighted by Crippen LogP contribution is -2.40. The Hall–Kier alpha value is -2.53. The standard InChI is InChI=1S/C19H24N4O6/c1-18(2)28-16-12(8-24)27-15(19(16,3)29-18)11-7-10(5-6-13(25)26-4)14-17(20)21-9-22-23(11)14/h5-7,9,12,15-16,24H,8H2,1-4H3,(H2,20,21,22)/t12-,15+,16-,19+/m1/s1. The molecule has 0 radical (unpaired) electrons. The van der Waals surface area contributed by atoms with E-state index in [-0.39, 0.29) is 12.4 Å². The highest BCUT2D eigenvalue weighted by molar-refractivity contribution is 5.90. The van der Waals surface area contributed by atoms with Gasteiger partial charge in [0.2, 0.25) is 0 Å². The van der Waals surface area contributed by atoms with Gasteiger partial charge in [-0.3, -0.25) is 0 Å². The van der Waals surface area contributed by atoms with E-state index < -0.39 is 35.7 Å². The van der Waals surface area contributed by atoms with Crippen molar-refractivity contribution in [2.45, 2.75) is 50.5 Å². The summed E-state index contributed by atoms with van der Waals surface area (Å²) >= 11 is 0. The van der Waals surface area contributed by atoms with Gasteiger partial charge in [-0.25, -0.2) is 14.3 Å². The molecule has 2 aromatic rings. The molecular formula is C19H24N4O6. The molecule has 2 fully saturated rings. The van der Waals surface area contributed by atoms with Gasteiger partial charge in [-0.1, -0.05) is 0 Å². The van der Waals surface area contributed by atoms with Gasteiger partial charge in [0.1, 0.15) is 35.8 Å². The Morgan fingerprint density at radius 2 is 2.21 bits per heavy atom. The van der Waals surface area contributed by atoms with E-state index in [2.05, 4.69) is 14.8 Å². The molecule has 4 heterocycles. The number of aromatic nitrogens is 3. The molecule has 4 rings (SSSR count). The fourth-order valence-electron chi connectivity index (χ4n) is 4.23. The summed E-state index contributed by atoms with van der Waals surface area (Å²) in [5.74, 6) is -1.08. The molecule has 3 N–H and O–H groups in total. The number of esters is 1. The Morgan fingerprint density at radius 3 is 2.90 bits per heavy atom. The number of carbonyl (C=O) groups excluding carboxylic acids is 1. The summed E-state index contributed by atoms with van der Waals surface area (Å²) in [5, 5.41) is 14.1. The number of carbonyl (C=O) groups is 1. The van der Waals surface area contributed by atoms with Crippen molar-refractivity contribution in [3.05, 3.63) is 29.7 Å². The minimum atomic E-state index is -0.867. The van der Waals surface area contributed by atoms with Crippen LogP contribution in [0.3, 0.4) is 0 Å². The van der Waals surface area contributed by atoms with Crippen LogP contribution in [0.2, 0.25) is 0 Å². The summed E-state index contributed by atoms with van der Waals surface area (Å²) in [6, 6.07) is 1.81. The summed E-state index contributed by atoms with van der Waals surface area (Å²) in [5.41, 5.74) is 7.01. The summed E-state index contributed by atoms with van der Waals surface area (Å²) in [6.07, 6.45) is 2.58. The number of fused-ring (bicyclic) bond motifs is 2. The number of anilines is 1. The minimum absolute atomic E-state index is 0.217. The summed E-state index contributed by atoms with van der Waals surface area (Å²) in [7, 11) is 1.30. The first-order valence-corrected chi connectivity index (χ1v) is 9.22. The number of methoxy groups -OCH3 is 1. The minimum Gasteiger partial charge on any atom is -0.466 e. The zero-order valence-electron chi connectivity index (χ0n) is 16.7. The van der Waals surface area contributed by atoms with Crippen molar-refractivity contribution in [2.24, 2.45) is 0 Å². The number of nitrogens with two attached hydrogens (primary N) is 1. The average Bonchev–Trinajstić information content (AvgIpc) is 3.24. The molecule has 0 saturated carbocycles. The zero-order valence-corrected chi connectivity index (χ0v) is 16.7. The second kappa shape index (κ2) is 6.77. The van der Waals surface area contributed by atoms with Gasteiger partial charge in [0, 0.05) is 11.6 Å². The molecule has 156 valence electrons. The number of aliphatic hydroxyl groups excluding tert-OH is 1. The molecule has 2 aliphatic rings. The van der Waals surface area contributed by atoms with E-state index in [0.717, 1.165) is 0 Å². The molecule has 2 aliphatic heterocycles. The highest BCUT2D eigenvalue weighted by Crippen LogP contribution is 2.53. The number of nitrogen functional groups attached to an aromatic ring is 1. The van der Waals surface area contributed by atoms with Crippen molar-refractivity contribution in [2.75, 3.05) is 19.5 Å². The van der Waals surface area contributed by atoms with Gasteiger partial charge in [-0.05, 0) is 32.9 Å². The maximum Gasteiger partial charge on any atom is 0.330 e. The molecule has 0 spiro atoms. The molecular weight excluding hydrogens is 380 g/mol. The number of hydrogen-bond acceptors (Lipinski definition) is 9. The summed E-state index contributed by atoms with van der Waals surface area (Å²) < 4.78 is 24.6. The molecule has 2 aromatic heterocycles. The van der Waals surface area contributed by atoms with E-state index >= 15 is 0 Å². The van der Waals surface area contributed by atoms with Crippen LogP contribution in [0.1, 0.15) is 38.1 Å². The van der Waals surface area contributed by atoms with Gasteiger partial charge >= 0.3 is 5.97 Å². The normalized spacial score (nSPS) is 30.9. The van der Waals surface area contributed by atoms with E-state index in [4.69, 9.17) is 19.9 Å². The van der Waals surface area contributed by atoms with Crippen LogP contribution in [-0.4, -0.2) is 63.0 Å². The van der Waals surface area contributed by atoms with Crippen LogP contribution in [0.15, 0.2) is 18.5 Å². The molecule has 0 aromatic carbocycles. The largest absolute Gasteiger partial charge is 0.466 e. The Kier molecular flexibility index (Phi) is 4.61. The lowest BCUT2D eigenvalue weighted by molar-refractivity contribution is -0.207. The quantitative estimate of drug-likeness (QED) is 0.562. The fraction of sp³-hybridized carbons (Fsp3) is 0.526. The molecule has 0 bridgehead atoms. The second-order valence-electron chi connectivity index (χ2n) is 7.75. The molecule has 0 aliphatic carbocycles. The first-order valence-electron chi connectivity index (χ1n) is 9.22.